The molecule has 0 aliphatic carbocycles. The van der Waals surface area contributed by atoms with Gasteiger partial charge < -0.3 is 4.74 Å². The summed E-state index contributed by atoms with van der Waals surface area (Å²) in [7, 11) is -2.96. The first-order valence-corrected chi connectivity index (χ1v) is 7.37. The number of benzene rings is 1. The van der Waals surface area contributed by atoms with Crippen LogP contribution in [0, 0.1) is 10.1 Å². The van der Waals surface area contributed by atoms with Crippen molar-refractivity contribution in [2.24, 2.45) is 0 Å². The van der Waals surface area contributed by atoms with Crippen LogP contribution in [0.25, 0.3) is 0 Å². The van der Waals surface area contributed by atoms with Crippen LogP contribution in [0.15, 0.2) is 23.1 Å². The summed E-state index contributed by atoms with van der Waals surface area (Å²) in [5, 5.41) is 10.7. The quantitative estimate of drug-likeness (QED) is 0.510. The van der Waals surface area contributed by atoms with Gasteiger partial charge in [0.15, 0.2) is 0 Å². The number of hydrogen-bond donors (Lipinski definition) is 1. The van der Waals surface area contributed by atoms with Crippen molar-refractivity contribution in [2.75, 3.05) is 7.11 Å². The van der Waals surface area contributed by atoms with E-state index >= 15 is 0 Å². The highest BCUT2D eigenvalue weighted by molar-refractivity contribution is 7.89. The van der Waals surface area contributed by atoms with E-state index in [-0.39, 0.29) is 10.5 Å². The number of methoxy groups -OCH3 is 1. The van der Waals surface area contributed by atoms with Crippen LogP contribution >= 0.6 is 0 Å². The molecule has 0 aliphatic rings. The van der Waals surface area contributed by atoms with Gasteiger partial charge >= 0.3 is 5.97 Å². The molecule has 0 saturated heterocycles. The molecule has 116 valence electrons. The number of nitro groups is 1. The standard InChI is InChI=1S/C12H16N2O6S/c1-12(2,3)13-21(18,19)10-6-5-8(14(16)17)7-9(10)11(15)20-4/h5-7,13H,1-4H3. The lowest BCUT2D eigenvalue weighted by Crippen LogP contribution is -2.41. The third-order valence-corrected chi connectivity index (χ3v) is 4.13. The van der Waals surface area contributed by atoms with Crippen molar-refractivity contribution < 1.29 is 22.9 Å². The number of hydrogen-bond acceptors (Lipinski definition) is 6. The zero-order valence-electron chi connectivity index (χ0n) is 12.0. The van der Waals surface area contributed by atoms with E-state index in [4.69, 9.17) is 0 Å². The number of nitrogens with one attached hydrogen (secondary N) is 1. The van der Waals surface area contributed by atoms with E-state index < -0.39 is 32.1 Å². The van der Waals surface area contributed by atoms with Gasteiger partial charge in [-0.15, -0.1) is 0 Å². The lowest BCUT2D eigenvalue weighted by molar-refractivity contribution is -0.384. The van der Waals surface area contributed by atoms with Crippen molar-refractivity contribution in [3.63, 3.8) is 0 Å². The minimum atomic E-state index is -4.02. The lowest BCUT2D eigenvalue weighted by atomic mass is 10.1. The molecular formula is C12H16N2O6S. The number of esters is 1. The third-order valence-electron chi connectivity index (χ3n) is 2.31. The molecule has 0 aromatic heterocycles. The fraction of sp³-hybridized carbons (Fsp3) is 0.417. The van der Waals surface area contributed by atoms with Crippen molar-refractivity contribution in [2.45, 2.75) is 31.2 Å². The van der Waals surface area contributed by atoms with Crippen LogP contribution in [-0.2, 0) is 14.8 Å². The monoisotopic (exact) mass is 316 g/mol. The lowest BCUT2D eigenvalue weighted by Gasteiger charge is -2.21. The normalized spacial score (nSPS) is 12.0. The fourth-order valence-electron chi connectivity index (χ4n) is 1.59. The number of nitrogens with zero attached hydrogens (tertiary/aromatic N) is 1. The SMILES string of the molecule is COC(=O)c1cc([N+](=O)[O-])ccc1S(=O)(=O)NC(C)(C)C. The molecule has 0 radical (unpaired) electrons. The summed E-state index contributed by atoms with van der Waals surface area (Å²) >= 11 is 0. The summed E-state index contributed by atoms with van der Waals surface area (Å²) in [5.41, 5.74) is -1.55. The minimum absolute atomic E-state index is 0.366. The van der Waals surface area contributed by atoms with E-state index in [0.717, 1.165) is 25.3 Å². The molecule has 8 nitrogen and oxygen atoms in total. The molecule has 0 fully saturated rings. The predicted molar refractivity (Wildman–Crippen MR) is 74.5 cm³/mol. The summed E-state index contributed by atoms with van der Waals surface area (Å²) in [4.78, 5) is 21.3. The highest BCUT2D eigenvalue weighted by Gasteiger charge is 2.28. The number of non-ortho nitro benzene ring substituents is 1. The van der Waals surface area contributed by atoms with Crippen LogP contribution < -0.4 is 4.72 Å². The summed E-state index contributed by atoms with van der Waals surface area (Å²) in [6.07, 6.45) is 0. The van der Waals surface area contributed by atoms with Crippen molar-refractivity contribution in [1.29, 1.82) is 0 Å². The average molecular weight is 316 g/mol. The second-order valence-electron chi connectivity index (χ2n) is 5.28. The molecule has 9 heteroatoms. The maximum Gasteiger partial charge on any atom is 0.339 e. The molecule has 1 aromatic rings. The van der Waals surface area contributed by atoms with Gasteiger partial charge in [-0.05, 0) is 26.8 Å². The van der Waals surface area contributed by atoms with Gasteiger partial charge in [-0.2, -0.15) is 0 Å². The van der Waals surface area contributed by atoms with Crippen molar-refractivity contribution in [3.8, 4) is 0 Å². The maximum absolute atomic E-state index is 12.3. The first-order chi connectivity index (χ1) is 9.48. The Bertz CT molecular complexity index is 675. The van der Waals surface area contributed by atoms with E-state index in [1.165, 1.54) is 0 Å². The van der Waals surface area contributed by atoms with E-state index in [0.29, 0.717) is 0 Å². The summed E-state index contributed by atoms with van der Waals surface area (Å²) in [6, 6.07) is 2.91. The number of carbonyl (C=O) groups excluding carboxylic acids is 1. The molecule has 1 rings (SSSR count). The Labute approximate surface area is 122 Å². The number of nitro benzene ring substituents is 1. The molecule has 0 heterocycles. The molecule has 0 atom stereocenters. The summed E-state index contributed by atoms with van der Waals surface area (Å²) in [5.74, 6) is -0.965. The molecule has 1 aromatic carbocycles. The van der Waals surface area contributed by atoms with E-state index in [1.807, 2.05) is 0 Å². The van der Waals surface area contributed by atoms with Crippen molar-refractivity contribution in [3.05, 3.63) is 33.9 Å². The number of rotatable bonds is 4. The van der Waals surface area contributed by atoms with E-state index in [1.54, 1.807) is 20.8 Å². The Morgan fingerprint density at radius 2 is 1.90 bits per heavy atom. The fourth-order valence-corrected chi connectivity index (χ4v) is 3.19. The minimum Gasteiger partial charge on any atom is -0.465 e. The van der Waals surface area contributed by atoms with Crippen molar-refractivity contribution >= 4 is 21.7 Å². The molecule has 0 spiro atoms. The zero-order valence-corrected chi connectivity index (χ0v) is 12.9. The Kier molecular flexibility index (Phi) is 4.69. The van der Waals surface area contributed by atoms with Crippen LogP contribution in [0.4, 0.5) is 5.69 Å². The third kappa shape index (κ3) is 4.23. The molecule has 0 amide bonds. The van der Waals surface area contributed by atoms with Gasteiger partial charge in [0.2, 0.25) is 10.0 Å². The molecule has 0 aliphatic heterocycles. The first-order valence-electron chi connectivity index (χ1n) is 5.88. The maximum atomic E-state index is 12.3. The van der Waals surface area contributed by atoms with E-state index in [9.17, 15) is 23.3 Å². The molecule has 0 saturated carbocycles. The van der Waals surface area contributed by atoms with Gasteiger partial charge in [0.05, 0.1) is 22.5 Å². The Balaban J connectivity index is 3.49. The van der Waals surface area contributed by atoms with Gasteiger partial charge in [0, 0.05) is 17.7 Å². The molecule has 21 heavy (non-hydrogen) atoms. The smallest absolute Gasteiger partial charge is 0.339 e. The second kappa shape index (κ2) is 5.78. The highest BCUT2D eigenvalue weighted by Crippen LogP contribution is 2.23. The Morgan fingerprint density at radius 1 is 1.33 bits per heavy atom. The van der Waals surface area contributed by atoms with Gasteiger partial charge in [-0.1, -0.05) is 0 Å². The predicted octanol–water partition coefficient (Wildman–Crippen LogP) is 1.46. The van der Waals surface area contributed by atoms with Crippen LogP contribution in [-0.4, -0.2) is 32.0 Å². The highest BCUT2D eigenvalue weighted by atomic mass is 32.2. The molecule has 1 N–H and O–H groups in total. The van der Waals surface area contributed by atoms with E-state index in [2.05, 4.69) is 9.46 Å². The van der Waals surface area contributed by atoms with Crippen LogP contribution in [0.3, 0.4) is 0 Å². The summed E-state index contributed by atoms with van der Waals surface area (Å²) < 4.78 is 31.4. The van der Waals surface area contributed by atoms with Gasteiger partial charge in [0.25, 0.3) is 5.69 Å². The van der Waals surface area contributed by atoms with Gasteiger partial charge in [0.1, 0.15) is 0 Å². The van der Waals surface area contributed by atoms with Gasteiger partial charge in [-0.25, -0.2) is 17.9 Å². The first kappa shape index (κ1) is 17.1. The number of sulfonamides is 1. The van der Waals surface area contributed by atoms with Crippen LogP contribution in [0.2, 0.25) is 0 Å². The molecular weight excluding hydrogens is 300 g/mol. The van der Waals surface area contributed by atoms with Crippen LogP contribution in [0.1, 0.15) is 31.1 Å². The van der Waals surface area contributed by atoms with Gasteiger partial charge in [-0.3, -0.25) is 10.1 Å². The molecule has 0 bridgehead atoms. The topological polar surface area (TPSA) is 116 Å². The number of ether oxygens (including phenoxy) is 1. The molecule has 0 unspecified atom stereocenters. The second-order valence-corrected chi connectivity index (χ2v) is 6.94. The average Bonchev–Trinajstić information content (AvgIpc) is 2.34. The summed E-state index contributed by atoms with van der Waals surface area (Å²) in [6.45, 7) is 4.90. The largest absolute Gasteiger partial charge is 0.465 e. The van der Waals surface area contributed by atoms with Crippen LogP contribution in [0.5, 0.6) is 0 Å². The Hall–Kier alpha value is -2.00. The Morgan fingerprint density at radius 3 is 2.33 bits per heavy atom. The van der Waals surface area contributed by atoms with Crippen molar-refractivity contribution in [1.82, 2.24) is 4.72 Å². The number of carbonyl (C=O) groups is 1. The zero-order chi connectivity index (χ0) is 16.4.